The van der Waals surface area contributed by atoms with Crippen molar-refractivity contribution in [2.24, 2.45) is 0 Å². The predicted molar refractivity (Wildman–Crippen MR) is 133 cm³/mol. The Morgan fingerprint density at radius 1 is 1.11 bits per heavy atom. The van der Waals surface area contributed by atoms with E-state index >= 15 is 0 Å². The maximum atomic E-state index is 11.8. The minimum atomic E-state index is -0.0597. The molecule has 0 fully saturated rings. The number of anilines is 1. The number of fused-ring (bicyclic) bond motifs is 2. The van der Waals surface area contributed by atoms with E-state index in [0.717, 1.165) is 57.7 Å². The van der Waals surface area contributed by atoms with Crippen LogP contribution in [0.25, 0.3) is 39.3 Å². The second-order valence-corrected chi connectivity index (χ2v) is 8.34. The Morgan fingerprint density at radius 2 is 2.03 bits per heavy atom. The topological polar surface area (TPSA) is 125 Å². The van der Waals surface area contributed by atoms with Crippen LogP contribution in [0, 0.1) is 0 Å². The first-order chi connectivity index (χ1) is 17.2. The van der Waals surface area contributed by atoms with Crippen LogP contribution in [0.5, 0.6) is 0 Å². The van der Waals surface area contributed by atoms with Gasteiger partial charge in [-0.05, 0) is 37.1 Å². The third-order valence-electron chi connectivity index (χ3n) is 6.04. The lowest BCUT2D eigenvalue weighted by atomic mass is 9.97. The van der Waals surface area contributed by atoms with Gasteiger partial charge in [0.05, 0.1) is 28.7 Å². The lowest BCUT2D eigenvalue weighted by Gasteiger charge is -2.11. The average molecular weight is 463 g/mol. The normalized spacial score (nSPS) is 12.9. The van der Waals surface area contributed by atoms with Crippen molar-refractivity contribution in [3.63, 3.8) is 0 Å². The zero-order chi connectivity index (χ0) is 23.8. The average Bonchev–Trinajstić information content (AvgIpc) is 3.53. The number of nitrogens with one attached hydrogen (secondary N) is 3. The largest absolute Gasteiger partial charge is 0.340 e. The van der Waals surface area contributed by atoms with Crippen LogP contribution >= 0.6 is 0 Å². The molecule has 9 heteroatoms. The Hall–Kier alpha value is -4.66. The summed E-state index contributed by atoms with van der Waals surface area (Å²) in [6, 6.07) is 9.80. The van der Waals surface area contributed by atoms with Gasteiger partial charge < -0.3 is 10.3 Å². The molecule has 9 nitrogen and oxygen atoms in total. The van der Waals surface area contributed by atoms with E-state index in [4.69, 9.17) is 4.98 Å². The molecule has 1 amide bonds. The molecule has 0 saturated carbocycles. The van der Waals surface area contributed by atoms with Gasteiger partial charge in [-0.3, -0.25) is 19.9 Å². The summed E-state index contributed by atoms with van der Waals surface area (Å²) in [5.41, 5.74) is 7.68. The number of nitrogens with zero attached hydrogens (tertiary/aromatic N) is 5. The fraction of sp³-hybridized carbons (Fsp3) is 0.154. The van der Waals surface area contributed by atoms with E-state index in [9.17, 15) is 4.79 Å². The number of rotatable bonds is 5. The number of pyridine rings is 3. The first-order valence-electron chi connectivity index (χ1n) is 11.5. The Kier molecular flexibility index (Phi) is 5.14. The highest BCUT2D eigenvalue weighted by Gasteiger charge is 2.22. The molecular formula is C26H22N8O. The summed E-state index contributed by atoms with van der Waals surface area (Å²) in [5, 5.41) is 11.2. The van der Waals surface area contributed by atoms with Gasteiger partial charge in [0.2, 0.25) is 5.91 Å². The molecule has 0 radical (unpaired) electrons. The summed E-state index contributed by atoms with van der Waals surface area (Å²) >= 11 is 0. The van der Waals surface area contributed by atoms with Crippen molar-refractivity contribution in [1.82, 2.24) is 35.1 Å². The summed E-state index contributed by atoms with van der Waals surface area (Å²) in [5.74, 6) is 0.651. The maximum Gasteiger partial charge on any atom is 0.224 e. The van der Waals surface area contributed by atoms with Crippen LogP contribution < -0.4 is 5.32 Å². The summed E-state index contributed by atoms with van der Waals surface area (Å²) in [6.45, 7) is 1.81. The van der Waals surface area contributed by atoms with Gasteiger partial charge in [-0.1, -0.05) is 19.1 Å². The molecule has 35 heavy (non-hydrogen) atoms. The second kappa shape index (κ2) is 8.60. The summed E-state index contributed by atoms with van der Waals surface area (Å²) in [4.78, 5) is 33.5. The first-order valence-corrected chi connectivity index (χ1v) is 11.5. The number of carbonyl (C=O) groups excluding carboxylic acids is 1. The fourth-order valence-corrected chi connectivity index (χ4v) is 4.29. The lowest BCUT2D eigenvalue weighted by Crippen LogP contribution is -2.09. The van der Waals surface area contributed by atoms with Crippen LogP contribution in [0.4, 0.5) is 5.69 Å². The quantitative estimate of drug-likeness (QED) is 0.352. The molecule has 1 aliphatic rings. The monoisotopic (exact) mass is 462 g/mol. The van der Waals surface area contributed by atoms with Crippen LogP contribution in [0.2, 0.25) is 0 Å². The van der Waals surface area contributed by atoms with Crippen molar-refractivity contribution in [2.75, 3.05) is 5.32 Å². The number of hydrogen-bond donors (Lipinski definition) is 3. The number of aromatic nitrogens is 7. The van der Waals surface area contributed by atoms with Crippen LogP contribution in [-0.2, 0) is 11.2 Å². The second-order valence-electron chi connectivity index (χ2n) is 8.34. The molecule has 6 rings (SSSR count). The highest BCUT2D eigenvalue weighted by molar-refractivity contribution is 5.94. The molecule has 0 spiro atoms. The summed E-state index contributed by atoms with van der Waals surface area (Å²) < 4.78 is 0. The summed E-state index contributed by atoms with van der Waals surface area (Å²) in [7, 11) is 0. The molecule has 5 heterocycles. The molecule has 3 N–H and O–H groups in total. The standard InChI is InChI=1S/C26H22N8O/c1-2-22(35)30-17-10-15(12-27-14-17)16-11-19-24(33-34-25(19)29-13-16)26-31-21-8-5-6-18(23(21)32-26)20-7-3-4-9-28-20/h3-4,6-7,9-14H,2,5,8H2,1H3,(H,30,35)(H,31,32)(H,29,33,34). The van der Waals surface area contributed by atoms with Crippen LogP contribution in [0.1, 0.15) is 36.8 Å². The van der Waals surface area contributed by atoms with Crippen LogP contribution in [0.3, 0.4) is 0 Å². The minimum absolute atomic E-state index is 0.0597. The Morgan fingerprint density at radius 3 is 2.89 bits per heavy atom. The molecule has 1 aliphatic carbocycles. The third kappa shape index (κ3) is 3.86. The van der Waals surface area contributed by atoms with Gasteiger partial charge in [0.25, 0.3) is 0 Å². The lowest BCUT2D eigenvalue weighted by molar-refractivity contribution is -0.115. The van der Waals surface area contributed by atoms with Gasteiger partial charge in [0.1, 0.15) is 5.69 Å². The Labute approximate surface area is 200 Å². The van der Waals surface area contributed by atoms with Gasteiger partial charge in [0.15, 0.2) is 11.5 Å². The maximum absolute atomic E-state index is 11.8. The van der Waals surface area contributed by atoms with Gasteiger partial charge in [-0.2, -0.15) is 5.10 Å². The molecule has 0 unspecified atom stereocenters. The van der Waals surface area contributed by atoms with Gasteiger partial charge in [-0.15, -0.1) is 0 Å². The fourth-order valence-electron chi connectivity index (χ4n) is 4.29. The highest BCUT2D eigenvalue weighted by Crippen LogP contribution is 2.33. The van der Waals surface area contributed by atoms with Crippen molar-refractivity contribution in [1.29, 1.82) is 0 Å². The number of aromatic amines is 2. The molecule has 0 saturated heterocycles. The van der Waals surface area contributed by atoms with E-state index in [1.807, 2.05) is 37.3 Å². The third-order valence-corrected chi connectivity index (χ3v) is 6.04. The van der Waals surface area contributed by atoms with E-state index in [0.29, 0.717) is 23.6 Å². The zero-order valence-corrected chi connectivity index (χ0v) is 19.0. The van der Waals surface area contributed by atoms with E-state index in [2.05, 4.69) is 41.5 Å². The zero-order valence-electron chi connectivity index (χ0n) is 19.0. The van der Waals surface area contributed by atoms with Crippen molar-refractivity contribution in [3.8, 4) is 22.6 Å². The highest BCUT2D eigenvalue weighted by atomic mass is 16.1. The molecular weight excluding hydrogens is 440 g/mol. The first kappa shape index (κ1) is 20.9. The van der Waals surface area contributed by atoms with E-state index in [1.54, 1.807) is 24.8 Å². The number of hydrogen-bond acceptors (Lipinski definition) is 6. The molecule has 172 valence electrons. The number of imidazole rings is 1. The van der Waals surface area contributed by atoms with E-state index < -0.39 is 0 Å². The van der Waals surface area contributed by atoms with Gasteiger partial charge in [-0.25, -0.2) is 9.97 Å². The number of aryl methyl sites for hydroxylation is 1. The van der Waals surface area contributed by atoms with E-state index in [-0.39, 0.29) is 5.91 Å². The molecule has 5 aromatic rings. The van der Waals surface area contributed by atoms with Crippen LogP contribution in [-0.4, -0.2) is 41.0 Å². The van der Waals surface area contributed by atoms with Crippen molar-refractivity contribution in [2.45, 2.75) is 26.2 Å². The molecule has 0 bridgehead atoms. The van der Waals surface area contributed by atoms with Crippen LogP contribution in [0.15, 0.2) is 61.2 Å². The molecule has 0 aromatic carbocycles. The number of amides is 1. The summed E-state index contributed by atoms with van der Waals surface area (Å²) in [6.07, 6.45) is 11.3. The molecule has 0 aliphatic heterocycles. The number of H-pyrrole nitrogens is 2. The van der Waals surface area contributed by atoms with E-state index in [1.165, 1.54) is 0 Å². The number of carbonyl (C=O) groups is 1. The van der Waals surface area contributed by atoms with Crippen molar-refractivity contribution >= 4 is 28.2 Å². The van der Waals surface area contributed by atoms with Gasteiger partial charge in [0, 0.05) is 47.4 Å². The minimum Gasteiger partial charge on any atom is -0.340 e. The smallest absolute Gasteiger partial charge is 0.224 e. The molecule has 5 aromatic heterocycles. The Balaban J connectivity index is 1.39. The predicted octanol–water partition coefficient (Wildman–Crippen LogP) is 4.53. The molecule has 0 atom stereocenters. The Bertz CT molecular complexity index is 1580. The van der Waals surface area contributed by atoms with Crippen molar-refractivity contribution in [3.05, 3.63) is 78.3 Å². The number of allylic oxidation sites excluding steroid dienone is 1. The SMILES string of the molecule is CCC(=O)Nc1cncc(-c2cnc3n[nH]c(-c4nc5c([nH]4)CCC=C5c4ccccn4)c3c2)c1. The van der Waals surface area contributed by atoms with Crippen molar-refractivity contribution < 1.29 is 4.79 Å². The van der Waals surface area contributed by atoms with Gasteiger partial charge >= 0.3 is 0 Å².